The number of carbonyl (C=O) groups is 4. The van der Waals surface area contributed by atoms with E-state index < -0.39 is 17.8 Å². The van der Waals surface area contributed by atoms with E-state index in [4.69, 9.17) is 4.74 Å². The van der Waals surface area contributed by atoms with Crippen LogP contribution in [0.4, 0.5) is 0 Å². The van der Waals surface area contributed by atoms with E-state index >= 15 is 0 Å². The minimum Gasteiger partial charge on any atom is -0.444 e. The molecule has 28 heavy (non-hydrogen) atoms. The van der Waals surface area contributed by atoms with E-state index in [9.17, 15) is 19.2 Å². The third-order valence-electron chi connectivity index (χ3n) is 4.73. The number of esters is 1. The number of nitrogens with zero attached hydrogens (tertiary/aromatic N) is 1. The van der Waals surface area contributed by atoms with Gasteiger partial charge in [-0.15, -0.1) is 0 Å². The summed E-state index contributed by atoms with van der Waals surface area (Å²) < 4.78 is 5.07. The number of hydrogen-bond donors (Lipinski definition) is 1. The van der Waals surface area contributed by atoms with Gasteiger partial charge in [-0.25, -0.2) is 4.90 Å². The van der Waals surface area contributed by atoms with Crippen molar-refractivity contribution in [1.82, 2.24) is 10.2 Å². The Morgan fingerprint density at radius 2 is 1.82 bits per heavy atom. The second-order valence-corrected chi connectivity index (χ2v) is 9.73. The van der Waals surface area contributed by atoms with Gasteiger partial charge in [-0.05, 0) is 37.5 Å². The highest BCUT2D eigenvalue weighted by Crippen LogP contribution is 2.33. The molecule has 2 rings (SSSR count). The van der Waals surface area contributed by atoms with Gasteiger partial charge < -0.3 is 10.1 Å². The zero-order valence-electron chi connectivity index (χ0n) is 16.2. The summed E-state index contributed by atoms with van der Waals surface area (Å²) in [6.07, 6.45) is 7.05. The number of amides is 3. The van der Waals surface area contributed by atoms with Crippen LogP contribution in [0.3, 0.4) is 0 Å². The molecule has 2 unspecified atom stereocenters. The molecule has 1 aliphatic heterocycles. The van der Waals surface area contributed by atoms with E-state index in [1.54, 1.807) is 21.6 Å². The zero-order chi connectivity index (χ0) is 20.4. The van der Waals surface area contributed by atoms with Gasteiger partial charge in [0.15, 0.2) is 6.73 Å². The Balaban J connectivity index is 1.55. The van der Waals surface area contributed by atoms with E-state index in [-0.39, 0.29) is 25.0 Å². The van der Waals surface area contributed by atoms with Crippen LogP contribution >= 0.6 is 21.6 Å². The van der Waals surface area contributed by atoms with E-state index in [0.29, 0.717) is 18.9 Å². The number of rotatable bonds is 12. The van der Waals surface area contributed by atoms with Crippen molar-refractivity contribution < 1.29 is 23.9 Å². The molecule has 1 aliphatic carbocycles. The molecule has 9 heteroatoms. The first-order valence-electron chi connectivity index (χ1n) is 9.69. The minimum atomic E-state index is -0.461. The molecule has 3 amide bonds. The molecule has 0 saturated heterocycles. The summed E-state index contributed by atoms with van der Waals surface area (Å²) in [5, 5.41) is 3.00. The van der Waals surface area contributed by atoms with Crippen LogP contribution in [-0.2, 0) is 23.9 Å². The van der Waals surface area contributed by atoms with Crippen molar-refractivity contribution in [1.29, 1.82) is 0 Å². The Bertz CT molecular complexity index is 593. The lowest BCUT2D eigenvalue weighted by atomic mass is 10.0. The number of imide groups is 1. The summed E-state index contributed by atoms with van der Waals surface area (Å²) in [5.74, 6) is 1.30. The average molecular weight is 429 g/mol. The van der Waals surface area contributed by atoms with Crippen LogP contribution in [0.1, 0.15) is 45.4 Å². The van der Waals surface area contributed by atoms with Crippen LogP contribution in [0.2, 0.25) is 0 Å². The second kappa shape index (κ2) is 12.2. The number of ether oxygens (including phenoxy) is 1. The molecular weight excluding hydrogens is 400 g/mol. The van der Waals surface area contributed by atoms with Crippen molar-refractivity contribution in [2.75, 3.05) is 24.8 Å². The number of carbonyl (C=O) groups excluding carboxylic acids is 4. The Morgan fingerprint density at radius 1 is 1.14 bits per heavy atom. The smallest absolute Gasteiger partial charge is 0.307 e. The summed E-state index contributed by atoms with van der Waals surface area (Å²) in [6.45, 7) is 2.46. The number of nitrogens with one attached hydrogen (secondary N) is 1. The molecule has 1 saturated carbocycles. The normalized spacial score (nSPS) is 21.4. The molecule has 0 aromatic heterocycles. The molecule has 0 spiro atoms. The van der Waals surface area contributed by atoms with Gasteiger partial charge in [0.2, 0.25) is 5.91 Å². The molecular formula is C19H28N2O5S2. The largest absolute Gasteiger partial charge is 0.444 e. The van der Waals surface area contributed by atoms with Crippen molar-refractivity contribution >= 4 is 45.3 Å². The summed E-state index contributed by atoms with van der Waals surface area (Å²) >= 11 is 0. The van der Waals surface area contributed by atoms with Crippen LogP contribution in [0.5, 0.6) is 0 Å². The zero-order valence-corrected chi connectivity index (χ0v) is 17.8. The predicted octanol–water partition coefficient (Wildman–Crippen LogP) is 2.52. The Kier molecular flexibility index (Phi) is 9.91. The minimum absolute atomic E-state index is 0.0843. The van der Waals surface area contributed by atoms with Crippen molar-refractivity contribution in [2.24, 2.45) is 11.8 Å². The fourth-order valence-corrected chi connectivity index (χ4v) is 5.35. The highest BCUT2D eigenvalue weighted by atomic mass is 33.1. The van der Waals surface area contributed by atoms with Gasteiger partial charge in [0.05, 0.1) is 0 Å². The average Bonchev–Trinajstić information content (AvgIpc) is 3.24. The maximum absolute atomic E-state index is 12.0. The fraction of sp³-hybridized carbons (Fsp3) is 0.684. The highest BCUT2D eigenvalue weighted by molar-refractivity contribution is 8.76. The summed E-state index contributed by atoms with van der Waals surface area (Å²) in [5.41, 5.74) is 0. The third-order valence-corrected chi connectivity index (χ3v) is 7.34. The lowest BCUT2D eigenvalue weighted by Gasteiger charge is -2.15. The van der Waals surface area contributed by atoms with Crippen LogP contribution in [-0.4, -0.2) is 53.4 Å². The molecule has 7 nitrogen and oxygen atoms in total. The molecule has 2 aliphatic rings. The summed E-state index contributed by atoms with van der Waals surface area (Å²) in [6, 6.07) is 0. The van der Waals surface area contributed by atoms with Crippen LogP contribution in [0, 0.1) is 11.8 Å². The van der Waals surface area contributed by atoms with E-state index in [1.165, 1.54) is 0 Å². The Labute approximate surface area is 173 Å². The van der Waals surface area contributed by atoms with E-state index in [0.717, 1.165) is 54.2 Å². The van der Waals surface area contributed by atoms with Gasteiger partial charge >= 0.3 is 5.97 Å². The first-order valence-corrected chi connectivity index (χ1v) is 12.2. The molecule has 0 aromatic carbocycles. The van der Waals surface area contributed by atoms with Crippen molar-refractivity contribution in [3.63, 3.8) is 0 Å². The van der Waals surface area contributed by atoms with Gasteiger partial charge in [-0.3, -0.25) is 19.2 Å². The van der Waals surface area contributed by atoms with Crippen LogP contribution in [0.25, 0.3) is 0 Å². The first kappa shape index (κ1) is 22.8. The standard InChI is InChI=1S/C19H28N2O5S2/c1-2-8-27-28-9-7-16(22)20-12-15-4-3-14(10-15)11-19(25)26-13-21-17(23)5-6-18(21)24/h5-6,14-15H,2-4,7-13H2,1H3,(H,20,22). The molecule has 2 atom stereocenters. The van der Waals surface area contributed by atoms with E-state index in [1.807, 2.05) is 0 Å². The maximum Gasteiger partial charge on any atom is 0.307 e. The highest BCUT2D eigenvalue weighted by Gasteiger charge is 2.28. The van der Waals surface area contributed by atoms with Gasteiger partial charge in [-0.2, -0.15) is 0 Å². The Morgan fingerprint density at radius 3 is 2.54 bits per heavy atom. The maximum atomic E-state index is 12.0. The quantitative estimate of drug-likeness (QED) is 0.221. The lowest BCUT2D eigenvalue weighted by molar-refractivity contribution is -0.155. The van der Waals surface area contributed by atoms with Crippen molar-refractivity contribution in [3.05, 3.63) is 12.2 Å². The van der Waals surface area contributed by atoms with E-state index in [2.05, 4.69) is 12.2 Å². The molecule has 1 heterocycles. The second-order valence-electron chi connectivity index (χ2n) is 7.03. The van der Waals surface area contributed by atoms with Gasteiger partial charge in [0, 0.05) is 43.0 Å². The van der Waals surface area contributed by atoms with Gasteiger partial charge in [0.1, 0.15) is 0 Å². The van der Waals surface area contributed by atoms with Crippen LogP contribution in [0.15, 0.2) is 12.2 Å². The molecule has 0 bridgehead atoms. The first-order chi connectivity index (χ1) is 13.5. The summed E-state index contributed by atoms with van der Waals surface area (Å²) in [7, 11) is 3.55. The number of hydrogen-bond acceptors (Lipinski definition) is 7. The molecule has 156 valence electrons. The predicted molar refractivity (Wildman–Crippen MR) is 110 cm³/mol. The molecule has 0 radical (unpaired) electrons. The topological polar surface area (TPSA) is 92.8 Å². The van der Waals surface area contributed by atoms with Crippen molar-refractivity contribution in [3.8, 4) is 0 Å². The van der Waals surface area contributed by atoms with Gasteiger partial charge in [0.25, 0.3) is 11.8 Å². The van der Waals surface area contributed by atoms with Crippen LogP contribution < -0.4 is 5.32 Å². The monoisotopic (exact) mass is 428 g/mol. The summed E-state index contributed by atoms with van der Waals surface area (Å²) in [4.78, 5) is 47.6. The third kappa shape index (κ3) is 7.87. The van der Waals surface area contributed by atoms with Crippen molar-refractivity contribution in [2.45, 2.75) is 45.4 Å². The fourth-order valence-electron chi connectivity index (χ4n) is 3.22. The van der Waals surface area contributed by atoms with Gasteiger partial charge in [-0.1, -0.05) is 28.5 Å². The molecule has 1 N–H and O–H groups in total. The Hall–Kier alpha value is -1.48. The molecule has 1 fully saturated rings. The lowest BCUT2D eigenvalue weighted by Crippen LogP contribution is -2.33. The molecule has 0 aromatic rings. The SMILES string of the molecule is CCCSSCCC(=O)NCC1CCC(CC(=O)OCN2C(=O)C=CC2=O)C1.